The summed E-state index contributed by atoms with van der Waals surface area (Å²) in [6.07, 6.45) is 3.52. The Balaban J connectivity index is 1.92. The molecule has 0 amide bonds. The lowest BCUT2D eigenvalue weighted by atomic mass is 9.80. The van der Waals surface area contributed by atoms with Gasteiger partial charge in [-0.1, -0.05) is 5.21 Å². The zero-order chi connectivity index (χ0) is 10.8. The number of rotatable bonds is 4. The van der Waals surface area contributed by atoms with Crippen molar-refractivity contribution < 1.29 is 15.0 Å². The van der Waals surface area contributed by atoms with Crippen LogP contribution < -0.4 is 0 Å². The Bertz CT molecular complexity index is 357. The number of hydrogen-bond acceptors (Lipinski definition) is 4. The van der Waals surface area contributed by atoms with Crippen molar-refractivity contribution >= 4 is 5.97 Å². The van der Waals surface area contributed by atoms with Gasteiger partial charge in [-0.3, -0.25) is 4.79 Å². The summed E-state index contributed by atoms with van der Waals surface area (Å²) in [5.74, 6) is -0.970. The first-order chi connectivity index (χ1) is 7.20. The van der Waals surface area contributed by atoms with Crippen molar-refractivity contribution in [2.45, 2.75) is 25.3 Å². The summed E-state index contributed by atoms with van der Waals surface area (Å²) in [7, 11) is 0. The molecule has 0 spiro atoms. The van der Waals surface area contributed by atoms with Crippen LogP contribution in [0.15, 0.2) is 6.20 Å². The molecule has 0 aromatic carbocycles. The molecule has 0 unspecified atom stereocenters. The van der Waals surface area contributed by atoms with E-state index in [1.807, 2.05) is 0 Å². The SMILES string of the molecule is O=C(O)C1CC(n2cc(CCO)nn2)C1. The van der Waals surface area contributed by atoms with Gasteiger partial charge in [0.05, 0.1) is 17.7 Å². The summed E-state index contributed by atoms with van der Waals surface area (Å²) in [6.45, 7) is 0.0567. The second-order valence-electron chi connectivity index (χ2n) is 3.82. The van der Waals surface area contributed by atoms with Gasteiger partial charge >= 0.3 is 5.97 Å². The topological polar surface area (TPSA) is 88.2 Å². The number of aliphatic hydroxyl groups excluding tert-OH is 1. The highest BCUT2D eigenvalue weighted by Gasteiger charge is 2.36. The zero-order valence-corrected chi connectivity index (χ0v) is 8.20. The average molecular weight is 211 g/mol. The summed E-state index contributed by atoms with van der Waals surface area (Å²) in [5.41, 5.74) is 0.747. The average Bonchev–Trinajstić information content (AvgIpc) is 2.50. The van der Waals surface area contributed by atoms with Gasteiger partial charge in [0.15, 0.2) is 0 Å². The summed E-state index contributed by atoms with van der Waals surface area (Å²) < 4.78 is 1.70. The molecule has 0 radical (unpaired) electrons. The quantitative estimate of drug-likeness (QED) is 0.723. The van der Waals surface area contributed by atoms with Crippen LogP contribution in [-0.4, -0.2) is 37.8 Å². The Kier molecular flexibility index (Phi) is 2.68. The van der Waals surface area contributed by atoms with E-state index in [1.54, 1.807) is 10.9 Å². The van der Waals surface area contributed by atoms with E-state index >= 15 is 0 Å². The van der Waals surface area contributed by atoms with E-state index in [4.69, 9.17) is 10.2 Å². The number of hydrogen-bond donors (Lipinski definition) is 2. The van der Waals surface area contributed by atoms with Gasteiger partial charge in [0.25, 0.3) is 0 Å². The highest BCUT2D eigenvalue weighted by atomic mass is 16.4. The molecule has 2 rings (SSSR count). The smallest absolute Gasteiger partial charge is 0.306 e. The molecule has 1 aromatic heterocycles. The van der Waals surface area contributed by atoms with Crippen LogP contribution in [0.5, 0.6) is 0 Å². The van der Waals surface area contributed by atoms with Gasteiger partial charge in [0.2, 0.25) is 0 Å². The number of carboxylic acid groups (broad SMARTS) is 1. The van der Waals surface area contributed by atoms with Crippen molar-refractivity contribution in [2.75, 3.05) is 6.61 Å². The third-order valence-electron chi connectivity index (χ3n) is 2.76. The number of nitrogens with zero attached hydrogens (tertiary/aromatic N) is 3. The largest absolute Gasteiger partial charge is 0.481 e. The maximum absolute atomic E-state index is 10.6. The van der Waals surface area contributed by atoms with E-state index < -0.39 is 5.97 Å². The third kappa shape index (κ3) is 1.99. The Hall–Kier alpha value is -1.43. The predicted molar refractivity (Wildman–Crippen MR) is 50.2 cm³/mol. The number of aromatic nitrogens is 3. The van der Waals surface area contributed by atoms with Crippen molar-refractivity contribution in [2.24, 2.45) is 5.92 Å². The van der Waals surface area contributed by atoms with Crippen LogP contribution in [0.4, 0.5) is 0 Å². The monoisotopic (exact) mass is 211 g/mol. The Labute approximate surface area is 86.5 Å². The van der Waals surface area contributed by atoms with Crippen LogP contribution >= 0.6 is 0 Å². The van der Waals surface area contributed by atoms with E-state index in [2.05, 4.69) is 10.3 Å². The lowest BCUT2D eigenvalue weighted by molar-refractivity contribution is -0.146. The van der Waals surface area contributed by atoms with Crippen molar-refractivity contribution in [3.63, 3.8) is 0 Å². The minimum atomic E-state index is -0.734. The molecule has 0 atom stereocenters. The Morgan fingerprint density at radius 3 is 2.93 bits per heavy atom. The summed E-state index contributed by atoms with van der Waals surface area (Å²) in [5, 5.41) is 25.2. The fourth-order valence-corrected chi connectivity index (χ4v) is 1.73. The number of carboxylic acids is 1. The second kappa shape index (κ2) is 3.98. The van der Waals surface area contributed by atoms with Crippen molar-refractivity contribution in [3.8, 4) is 0 Å². The molecular weight excluding hydrogens is 198 g/mol. The molecule has 1 fully saturated rings. The van der Waals surface area contributed by atoms with Gasteiger partial charge < -0.3 is 10.2 Å². The number of aliphatic carboxylic acids is 1. The van der Waals surface area contributed by atoms with E-state index in [9.17, 15) is 4.79 Å². The molecule has 1 aromatic rings. The molecule has 0 aliphatic heterocycles. The first-order valence-electron chi connectivity index (χ1n) is 4.95. The van der Waals surface area contributed by atoms with Gasteiger partial charge in [-0.05, 0) is 12.8 Å². The fourth-order valence-electron chi connectivity index (χ4n) is 1.73. The molecule has 6 nitrogen and oxygen atoms in total. The normalized spacial score (nSPS) is 24.9. The lowest BCUT2D eigenvalue weighted by Crippen LogP contribution is -2.32. The minimum absolute atomic E-state index is 0.0567. The van der Waals surface area contributed by atoms with Crippen LogP contribution in [-0.2, 0) is 11.2 Å². The number of carbonyl (C=O) groups is 1. The van der Waals surface area contributed by atoms with Gasteiger partial charge in [-0.25, -0.2) is 4.68 Å². The molecule has 6 heteroatoms. The highest BCUT2D eigenvalue weighted by Crippen LogP contribution is 2.37. The maximum atomic E-state index is 10.6. The Morgan fingerprint density at radius 1 is 1.60 bits per heavy atom. The van der Waals surface area contributed by atoms with Crippen molar-refractivity contribution in [1.82, 2.24) is 15.0 Å². The molecule has 2 N–H and O–H groups in total. The van der Waals surface area contributed by atoms with Crippen LogP contribution in [0.2, 0.25) is 0 Å². The van der Waals surface area contributed by atoms with E-state index in [0.29, 0.717) is 19.3 Å². The van der Waals surface area contributed by atoms with Crippen LogP contribution in [0.1, 0.15) is 24.6 Å². The lowest BCUT2D eigenvalue weighted by Gasteiger charge is -2.31. The highest BCUT2D eigenvalue weighted by molar-refractivity contribution is 5.71. The molecule has 1 aliphatic carbocycles. The Morgan fingerprint density at radius 2 is 2.33 bits per heavy atom. The van der Waals surface area contributed by atoms with E-state index in [-0.39, 0.29) is 18.6 Å². The van der Waals surface area contributed by atoms with Gasteiger partial charge in [-0.2, -0.15) is 0 Å². The van der Waals surface area contributed by atoms with Crippen molar-refractivity contribution in [1.29, 1.82) is 0 Å². The molecule has 0 bridgehead atoms. The second-order valence-corrected chi connectivity index (χ2v) is 3.82. The summed E-state index contributed by atoms with van der Waals surface area (Å²) in [6, 6.07) is 0.158. The van der Waals surface area contributed by atoms with Crippen LogP contribution in [0, 0.1) is 5.92 Å². The number of aliphatic hydroxyl groups is 1. The molecular formula is C9H13N3O3. The molecule has 1 saturated carbocycles. The van der Waals surface area contributed by atoms with E-state index in [0.717, 1.165) is 5.69 Å². The molecule has 1 heterocycles. The molecule has 0 saturated heterocycles. The minimum Gasteiger partial charge on any atom is -0.481 e. The maximum Gasteiger partial charge on any atom is 0.306 e. The molecule has 15 heavy (non-hydrogen) atoms. The first kappa shape index (κ1) is 10.1. The predicted octanol–water partition coefficient (Wildman–Crippen LogP) is -0.151. The van der Waals surface area contributed by atoms with Gasteiger partial charge in [-0.15, -0.1) is 5.10 Å². The van der Waals surface area contributed by atoms with E-state index in [1.165, 1.54) is 0 Å². The molecule has 1 aliphatic rings. The van der Waals surface area contributed by atoms with Gasteiger partial charge in [0, 0.05) is 19.2 Å². The first-order valence-corrected chi connectivity index (χ1v) is 4.95. The summed E-state index contributed by atoms with van der Waals surface area (Å²) >= 11 is 0. The van der Waals surface area contributed by atoms with Crippen LogP contribution in [0.3, 0.4) is 0 Å². The van der Waals surface area contributed by atoms with Crippen molar-refractivity contribution in [3.05, 3.63) is 11.9 Å². The fraction of sp³-hybridized carbons (Fsp3) is 0.667. The van der Waals surface area contributed by atoms with Crippen LogP contribution in [0.25, 0.3) is 0 Å². The zero-order valence-electron chi connectivity index (χ0n) is 8.20. The summed E-state index contributed by atoms with van der Waals surface area (Å²) in [4.78, 5) is 10.6. The third-order valence-corrected chi connectivity index (χ3v) is 2.76. The standard InChI is InChI=1S/C9H13N3O3/c13-2-1-7-5-12(11-10-7)8-3-6(4-8)9(14)15/h5-6,8,13H,1-4H2,(H,14,15). The molecule has 82 valence electrons. The van der Waals surface area contributed by atoms with Gasteiger partial charge in [0.1, 0.15) is 0 Å².